The van der Waals surface area contributed by atoms with Crippen molar-refractivity contribution in [3.63, 3.8) is 0 Å². The van der Waals surface area contributed by atoms with Gasteiger partial charge in [0, 0.05) is 5.56 Å². The van der Waals surface area contributed by atoms with Crippen LogP contribution in [0.15, 0.2) is 64.6 Å². The highest BCUT2D eigenvalue weighted by Crippen LogP contribution is 2.28. The van der Waals surface area contributed by atoms with Crippen LogP contribution in [0.2, 0.25) is 0 Å². The summed E-state index contributed by atoms with van der Waals surface area (Å²) in [6.07, 6.45) is 1.38. The fraction of sp³-hybridized carbons (Fsp3) is 0.0870. The second-order valence-electron chi connectivity index (χ2n) is 6.89. The molecule has 2 aromatic carbocycles. The van der Waals surface area contributed by atoms with Crippen LogP contribution in [-0.2, 0) is 9.59 Å². The first kappa shape index (κ1) is 19.7. The number of rotatable bonds is 3. The van der Waals surface area contributed by atoms with Crippen molar-refractivity contribution in [1.82, 2.24) is 5.32 Å². The molecule has 0 atom stereocenters. The Morgan fingerprint density at radius 1 is 1.03 bits per heavy atom. The lowest BCUT2D eigenvalue weighted by Gasteiger charge is -2.30. The molecule has 150 valence electrons. The summed E-state index contributed by atoms with van der Waals surface area (Å²) in [5.74, 6) is -0.655. The number of carbonyl (C=O) groups excluding carboxylic acids is 2. The van der Waals surface area contributed by atoms with Gasteiger partial charge in [0.15, 0.2) is 5.11 Å². The largest absolute Gasteiger partial charge is 0.457 e. The molecule has 1 aliphatic rings. The standard InChI is InChI=1S/C23H17FN2O3S/c1-13-4-3-5-19(14(13)2)26-22(28)18(21(27)25-23(26)30)12-17-10-11-20(29-17)15-6-8-16(24)9-7-15/h3-12H,1-2H3,(H,25,27,30)/b18-12-. The molecule has 4 rings (SSSR count). The number of nitrogens with zero attached hydrogens (tertiary/aromatic N) is 1. The zero-order valence-corrected chi connectivity index (χ0v) is 17.0. The molecule has 0 unspecified atom stereocenters. The van der Waals surface area contributed by atoms with Crippen molar-refractivity contribution in [3.8, 4) is 11.3 Å². The molecule has 1 saturated heterocycles. The van der Waals surface area contributed by atoms with E-state index in [1.54, 1.807) is 30.3 Å². The Kier molecular flexibility index (Phi) is 5.05. The third kappa shape index (κ3) is 3.55. The molecule has 30 heavy (non-hydrogen) atoms. The predicted octanol–water partition coefficient (Wildman–Crippen LogP) is 4.53. The van der Waals surface area contributed by atoms with Gasteiger partial charge in [-0.05, 0) is 85.7 Å². The summed E-state index contributed by atoms with van der Waals surface area (Å²) >= 11 is 5.25. The minimum Gasteiger partial charge on any atom is -0.457 e. The van der Waals surface area contributed by atoms with Crippen LogP contribution in [-0.4, -0.2) is 16.9 Å². The zero-order valence-electron chi connectivity index (χ0n) is 16.2. The highest BCUT2D eigenvalue weighted by molar-refractivity contribution is 7.80. The highest BCUT2D eigenvalue weighted by atomic mass is 32.1. The van der Waals surface area contributed by atoms with Gasteiger partial charge in [-0.3, -0.25) is 19.8 Å². The monoisotopic (exact) mass is 420 g/mol. The maximum atomic E-state index is 13.2. The van der Waals surface area contributed by atoms with E-state index in [1.807, 2.05) is 26.0 Å². The fourth-order valence-corrected chi connectivity index (χ4v) is 3.47. The average Bonchev–Trinajstić information content (AvgIpc) is 3.17. The SMILES string of the molecule is Cc1cccc(N2C(=O)/C(=C\c3ccc(-c4ccc(F)cc4)o3)C(=O)NC2=S)c1C. The first-order chi connectivity index (χ1) is 14.3. The number of carbonyl (C=O) groups is 2. The molecule has 0 aliphatic carbocycles. The number of thiocarbonyl (C=S) groups is 1. The third-order valence-corrected chi connectivity index (χ3v) is 5.25. The summed E-state index contributed by atoms with van der Waals surface area (Å²) in [6, 6.07) is 14.7. The topological polar surface area (TPSA) is 62.6 Å². The number of anilines is 1. The lowest BCUT2D eigenvalue weighted by Crippen LogP contribution is -2.54. The number of furan rings is 1. The van der Waals surface area contributed by atoms with E-state index >= 15 is 0 Å². The van der Waals surface area contributed by atoms with Crippen molar-refractivity contribution in [2.45, 2.75) is 13.8 Å². The molecule has 3 aromatic rings. The molecule has 1 aromatic heterocycles. The normalized spacial score (nSPS) is 15.6. The van der Waals surface area contributed by atoms with Crippen molar-refractivity contribution in [2.24, 2.45) is 0 Å². The molecule has 1 N–H and O–H groups in total. The van der Waals surface area contributed by atoms with E-state index in [1.165, 1.54) is 23.1 Å². The second kappa shape index (κ2) is 7.68. The first-order valence-corrected chi connectivity index (χ1v) is 9.59. The molecular formula is C23H17FN2O3S. The van der Waals surface area contributed by atoms with Gasteiger partial charge in [-0.1, -0.05) is 12.1 Å². The molecule has 7 heteroatoms. The lowest BCUT2D eigenvalue weighted by molar-refractivity contribution is -0.122. The summed E-state index contributed by atoms with van der Waals surface area (Å²) in [5, 5.41) is 2.60. The highest BCUT2D eigenvalue weighted by Gasteiger charge is 2.35. The van der Waals surface area contributed by atoms with Gasteiger partial charge in [0.2, 0.25) is 0 Å². The Morgan fingerprint density at radius 2 is 1.77 bits per heavy atom. The van der Waals surface area contributed by atoms with Gasteiger partial charge < -0.3 is 4.42 Å². The number of amides is 2. The van der Waals surface area contributed by atoms with Crippen LogP contribution >= 0.6 is 12.2 Å². The molecule has 5 nitrogen and oxygen atoms in total. The molecule has 2 amide bonds. The van der Waals surface area contributed by atoms with Gasteiger partial charge in [0.05, 0.1) is 5.69 Å². The fourth-order valence-electron chi connectivity index (χ4n) is 3.20. The minimum absolute atomic E-state index is 0.0299. The van der Waals surface area contributed by atoms with Gasteiger partial charge in [-0.2, -0.15) is 0 Å². The summed E-state index contributed by atoms with van der Waals surface area (Å²) in [7, 11) is 0. The number of aryl methyl sites for hydroxylation is 1. The van der Waals surface area contributed by atoms with Gasteiger partial charge in [-0.25, -0.2) is 4.39 Å². The van der Waals surface area contributed by atoms with E-state index in [9.17, 15) is 14.0 Å². The third-order valence-electron chi connectivity index (χ3n) is 4.96. The van der Waals surface area contributed by atoms with Crippen molar-refractivity contribution in [3.05, 3.63) is 82.9 Å². The van der Waals surface area contributed by atoms with Crippen molar-refractivity contribution < 1.29 is 18.4 Å². The smallest absolute Gasteiger partial charge is 0.270 e. The van der Waals surface area contributed by atoms with Crippen LogP contribution in [0.5, 0.6) is 0 Å². The van der Waals surface area contributed by atoms with E-state index in [0.717, 1.165) is 11.1 Å². The van der Waals surface area contributed by atoms with Crippen LogP contribution in [0, 0.1) is 19.7 Å². The van der Waals surface area contributed by atoms with Crippen LogP contribution in [0.25, 0.3) is 17.4 Å². The average molecular weight is 420 g/mol. The summed E-state index contributed by atoms with van der Waals surface area (Å²) < 4.78 is 18.9. The van der Waals surface area contributed by atoms with Crippen LogP contribution in [0.3, 0.4) is 0 Å². The van der Waals surface area contributed by atoms with E-state index in [-0.39, 0.29) is 16.5 Å². The van der Waals surface area contributed by atoms with Crippen LogP contribution in [0.1, 0.15) is 16.9 Å². The van der Waals surface area contributed by atoms with Crippen LogP contribution in [0.4, 0.5) is 10.1 Å². The van der Waals surface area contributed by atoms with Crippen molar-refractivity contribution in [1.29, 1.82) is 0 Å². The predicted molar refractivity (Wildman–Crippen MR) is 116 cm³/mol. The molecular weight excluding hydrogens is 403 g/mol. The summed E-state index contributed by atoms with van der Waals surface area (Å²) in [5.41, 5.74) is 3.09. The van der Waals surface area contributed by atoms with E-state index in [2.05, 4.69) is 5.32 Å². The maximum Gasteiger partial charge on any atom is 0.270 e. The first-order valence-electron chi connectivity index (χ1n) is 9.18. The Hall–Kier alpha value is -3.58. The maximum absolute atomic E-state index is 13.2. The zero-order chi connectivity index (χ0) is 21.4. The Bertz CT molecular complexity index is 1210. The van der Waals surface area contributed by atoms with Gasteiger partial charge in [-0.15, -0.1) is 0 Å². The number of nitrogens with one attached hydrogen (secondary N) is 1. The molecule has 0 spiro atoms. The Labute approximate surface area is 177 Å². The van der Waals surface area contributed by atoms with Gasteiger partial charge in [0.1, 0.15) is 22.9 Å². The van der Waals surface area contributed by atoms with E-state index in [0.29, 0.717) is 22.8 Å². The molecule has 2 heterocycles. The van der Waals surface area contributed by atoms with Gasteiger partial charge in [0.25, 0.3) is 11.8 Å². The molecule has 1 aliphatic heterocycles. The van der Waals surface area contributed by atoms with Crippen molar-refractivity contribution in [2.75, 3.05) is 4.90 Å². The Balaban J connectivity index is 1.70. The second-order valence-corrected chi connectivity index (χ2v) is 7.27. The number of hydrogen-bond donors (Lipinski definition) is 1. The number of hydrogen-bond acceptors (Lipinski definition) is 4. The Morgan fingerprint density at radius 3 is 2.50 bits per heavy atom. The summed E-state index contributed by atoms with van der Waals surface area (Å²) in [4.78, 5) is 26.9. The lowest BCUT2D eigenvalue weighted by atomic mass is 10.0. The number of benzene rings is 2. The number of halogens is 1. The quantitative estimate of drug-likeness (QED) is 0.384. The molecule has 0 bridgehead atoms. The minimum atomic E-state index is -0.591. The molecule has 0 radical (unpaired) electrons. The van der Waals surface area contributed by atoms with Crippen molar-refractivity contribution >= 4 is 40.9 Å². The van der Waals surface area contributed by atoms with E-state index < -0.39 is 11.8 Å². The van der Waals surface area contributed by atoms with Gasteiger partial charge >= 0.3 is 0 Å². The van der Waals surface area contributed by atoms with Crippen LogP contribution < -0.4 is 10.2 Å². The van der Waals surface area contributed by atoms with E-state index in [4.69, 9.17) is 16.6 Å². The molecule has 0 saturated carbocycles. The summed E-state index contributed by atoms with van der Waals surface area (Å²) in [6.45, 7) is 3.83. The molecule has 1 fully saturated rings.